The Hall–Kier alpha value is -0.830. The van der Waals surface area contributed by atoms with Gasteiger partial charge in [0.15, 0.2) is 0 Å². The van der Waals surface area contributed by atoms with Crippen LogP contribution < -0.4 is 5.32 Å². The molecule has 5 nitrogen and oxygen atoms in total. The Morgan fingerprint density at radius 3 is 2.22 bits per heavy atom. The van der Waals surface area contributed by atoms with E-state index in [1.54, 1.807) is 0 Å². The highest BCUT2D eigenvalue weighted by molar-refractivity contribution is 7.88. The summed E-state index contributed by atoms with van der Waals surface area (Å²) < 4.78 is 59.3. The van der Waals surface area contributed by atoms with Gasteiger partial charge in [-0.1, -0.05) is 0 Å². The van der Waals surface area contributed by atoms with E-state index in [1.165, 1.54) is 4.31 Å². The van der Waals surface area contributed by atoms with Gasteiger partial charge in [-0.25, -0.2) is 12.7 Å². The molecule has 0 aromatic carbocycles. The first-order valence-electron chi connectivity index (χ1n) is 5.39. The number of nitrogens with one attached hydrogen (secondary N) is 1. The third-order valence-electron chi connectivity index (χ3n) is 2.76. The Morgan fingerprint density at radius 2 is 1.83 bits per heavy atom. The summed E-state index contributed by atoms with van der Waals surface area (Å²) >= 11 is 0. The van der Waals surface area contributed by atoms with Crippen LogP contribution in [0.25, 0.3) is 0 Å². The maximum Gasteiger partial charge on any atom is 0.405 e. The minimum Gasteiger partial charge on any atom is -0.347 e. The number of hydrogen-bond acceptors (Lipinski definition) is 3. The van der Waals surface area contributed by atoms with Crippen molar-refractivity contribution in [3.05, 3.63) is 0 Å². The van der Waals surface area contributed by atoms with Crippen LogP contribution in [0.1, 0.15) is 12.8 Å². The number of hydrogen-bond donors (Lipinski definition) is 1. The van der Waals surface area contributed by atoms with Gasteiger partial charge in [0.1, 0.15) is 6.54 Å². The fourth-order valence-corrected chi connectivity index (χ4v) is 2.66. The predicted molar refractivity (Wildman–Crippen MR) is 58.2 cm³/mol. The van der Waals surface area contributed by atoms with Crippen LogP contribution in [0.2, 0.25) is 0 Å². The van der Waals surface area contributed by atoms with E-state index in [2.05, 4.69) is 0 Å². The Labute approximate surface area is 103 Å². The average Bonchev–Trinajstić information content (AvgIpc) is 2.24. The molecule has 1 saturated heterocycles. The maximum atomic E-state index is 11.9. The molecule has 1 aliphatic heterocycles. The summed E-state index contributed by atoms with van der Waals surface area (Å²) in [5.74, 6) is -1.22. The van der Waals surface area contributed by atoms with E-state index in [4.69, 9.17) is 0 Å². The molecule has 0 atom stereocenters. The van der Waals surface area contributed by atoms with Crippen molar-refractivity contribution >= 4 is 15.9 Å². The summed E-state index contributed by atoms with van der Waals surface area (Å²) in [5, 5.41) is 1.81. The fourth-order valence-electron chi connectivity index (χ4n) is 1.78. The fraction of sp³-hybridized carbons (Fsp3) is 0.889. The lowest BCUT2D eigenvalue weighted by atomic mass is 9.97. The van der Waals surface area contributed by atoms with Gasteiger partial charge < -0.3 is 5.32 Å². The van der Waals surface area contributed by atoms with E-state index in [0.29, 0.717) is 0 Å². The van der Waals surface area contributed by atoms with Crippen LogP contribution in [0.3, 0.4) is 0 Å². The summed E-state index contributed by atoms with van der Waals surface area (Å²) in [7, 11) is -3.29. The molecular formula is C9H15F3N2O3S. The Bertz CT molecular complexity index is 400. The van der Waals surface area contributed by atoms with Gasteiger partial charge >= 0.3 is 6.18 Å². The first-order valence-corrected chi connectivity index (χ1v) is 7.24. The first-order chi connectivity index (χ1) is 8.09. The molecule has 0 bridgehead atoms. The molecule has 1 N–H and O–H groups in total. The lowest BCUT2D eigenvalue weighted by Crippen LogP contribution is -2.44. The van der Waals surface area contributed by atoms with Gasteiger partial charge in [0, 0.05) is 19.0 Å². The zero-order valence-electron chi connectivity index (χ0n) is 9.83. The molecule has 0 unspecified atom stereocenters. The topological polar surface area (TPSA) is 66.5 Å². The third kappa shape index (κ3) is 4.81. The van der Waals surface area contributed by atoms with Gasteiger partial charge in [0.2, 0.25) is 15.9 Å². The molecule has 9 heteroatoms. The summed E-state index contributed by atoms with van der Waals surface area (Å²) in [6.07, 6.45) is -2.87. The zero-order chi connectivity index (χ0) is 14.0. The van der Waals surface area contributed by atoms with Crippen molar-refractivity contribution in [2.24, 2.45) is 5.92 Å². The molecule has 0 spiro atoms. The highest BCUT2D eigenvalue weighted by atomic mass is 32.2. The average molecular weight is 288 g/mol. The molecule has 0 saturated carbocycles. The van der Waals surface area contributed by atoms with E-state index < -0.39 is 34.6 Å². The lowest BCUT2D eigenvalue weighted by Gasteiger charge is -2.29. The molecule has 0 aliphatic carbocycles. The van der Waals surface area contributed by atoms with Gasteiger partial charge in [-0.3, -0.25) is 4.79 Å². The minimum atomic E-state index is -4.43. The molecule has 1 rings (SSSR count). The second kappa shape index (κ2) is 5.43. The van der Waals surface area contributed by atoms with E-state index in [9.17, 15) is 26.4 Å². The number of sulfonamides is 1. The van der Waals surface area contributed by atoms with Gasteiger partial charge in [-0.15, -0.1) is 0 Å². The molecule has 1 amide bonds. The quantitative estimate of drug-likeness (QED) is 0.814. The number of amides is 1. The van der Waals surface area contributed by atoms with Crippen molar-refractivity contribution in [1.29, 1.82) is 0 Å². The number of carbonyl (C=O) groups excluding carboxylic acids is 1. The monoisotopic (exact) mass is 288 g/mol. The Balaban J connectivity index is 2.41. The number of nitrogens with zero attached hydrogens (tertiary/aromatic N) is 1. The molecular weight excluding hydrogens is 273 g/mol. The summed E-state index contributed by atoms with van der Waals surface area (Å²) in [6, 6.07) is 0. The predicted octanol–water partition coefficient (Wildman–Crippen LogP) is 0.337. The van der Waals surface area contributed by atoms with Crippen molar-refractivity contribution in [3.8, 4) is 0 Å². The summed E-state index contributed by atoms with van der Waals surface area (Å²) in [5.41, 5.74) is 0. The first kappa shape index (κ1) is 15.2. The SMILES string of the molecule is CS(=O)(=O)N1CCC(C(=O)NCC(F)(F)F)CC1. The number of carbonyl (C=O) groups is 1. The normalized spacial score (nSPS) is 19.8. The van der Waals surface area contributed by atoms with Crippen molar-refractivity contribution in [3.63, 3.8) is 0 Å². The molecule has 0 aromatic rings. The largest absolute Gasteiger partial charge is 0.405 e. The smallest absolute Gasteiger partial charge is 0.347 e. The van der Waals surface area contributed by atoms with Crippen LogP contribution in [-0.2, 0) is 14.8 Å². The summed E-state index contributed by atoms with van der Waals surface area (Å²) in [4.78, 5) is 11.4. The highest BCUT2D eigenvalue weighted by Gasteiger charge is 2.32. The van der Waals surface area contributed by atoms with Crippen LogP contribution in [-0.4, -0.2) is 50.7 Å². The van der Waals surface area contributed by atoms with E-state index in [1.807, 2.05) is 5.32 Å². The van der Waals surface area contributed by atoms with Gasteiger partial charge in [-0.05, 0) is 12.8 Å². The molecule has 1 heterocycles. The molecule has 1 aliphatic rings. The highest BCUT2D eigenvalue weighted by Crippen LogP contribution is 2.20. The van der Waals surface area contributed by atoms with Crippen molar-refractivity contribution in [2.45, 2.75) is 19.0 Å². The lowest BCUT2D eigenvalue weighted by molar-refractivity contribution is -0.141. The van der Waals surface area contributed by atoms with Crippen LogP contribution in [0.5, 0.6) is 0 Å². The standard InChI is InChI=1S/C9H15F3N2O3S/c1-18(16,17)14-4-2-7(3-5-14)8(15)13-6-9(10,11)12/h7H,2-6H2,1H3,(H,13,15). The number of rotatable bonds is 3. The minimum absolute atomic E-state index is 0.170. The maximum absolute atomic E-state index is 11.9. The number of alkyl halides is 3. The number of halogens is 3. The van der Waals surface area contributed by atoms with Crippen molar-refractivity contribution in [2.75, 3.05) is 25.9 Å². The second-order valence-corrected chi connectivity index (χ2v) is 6.25. The van der Waals surface area contributed by atoms with Crippen molar-refractivity contribution in [1.82, 2.24) is 9.62 Å². The van der Waals surface area contributed by atoms with Crippen LogP contribution in [0.15, 0.2) is 0 Å². The molecule has 0 radical (unpaired) electrons. The second-order valence-electron chi connectivity index (χ2n) is 4.27. The van der Waals surface area contributed by atoms with Crippen LogP contribution in [0, 0.1) is 5.92 Å². The summed E-state index contributed by atoms with van der Waals surface area (Å²) in [6.45, 7) is -1.01. The Kier molecular flexibility index (Phi) is 4.60. The van der Waals surface area contributed by atoms with Crippen molar-refractivity contribution < 1.29 is 26.4 Å². The van der Waals surface area contributed by atoms with E-state index in [0.717, 1.165) is 6.26 Å². The van der Waals surface area contributed by atoms with Gasteiger partial charge in [-0.2, -0.15) is 13.2 Å². The van der Waals surface area contributed by atoms with E-state index >= 15 is 0 Å². The molecule has 0 aromatic heterocycles. The van der Waals surface area contributed by atoms with Crippen LogP contribution >= 0.6 is 0 Å². The van der Waals surface area contributed by atoms with Crippen LogP contribution in [0.4, 0.5) is 13.2 Å². The third-order valence-corrected chi connectivity index (χ3v) is 4.06. The number of piperidine rings is 1. The molecule has 106 valence electrons. The Morgan fingerprint density at radius 1 is 1.33 bits per heavy atom. The van der Waals surface area contributed by atoms with Gasteiger partial charge in [0.25, 0.3) is 0 Å². The van der Waals surface area contributed by atoms with Gasteiger partial charge in [0.05, 0.1) is 6.26 Å². The molecule has 18 heavy (non-hydrogen) atoms. The van der Waals surface area contributed by atoms with E-state index in [-0.39, 0.29) is 25.9 Å². The zero-order valence-corrected chi connectivity index (χ0v) is 10.6. The molecule has 1 fully saturated rings.